The molecular weight excluding hydrogens is 288 g/mol. The Morgan fingerprint density at radius 2 is 2.00 bits per heavy atom. The van der Waals surface area contributed by atoms with Crippen molar-refractivity contribution in [2.75, 3.05) is 0 Å². The summed E-state index contributed by atoms with van der Waals surface area (Å²) in [5.74, 6) is -1.42. The predicted octanol–water partition coefficient (Wildman–Crippen LogP) is 2.06. The Kier molecular flexibility index (Phi) is 6.03. The fourth-order valence-electron chi connectivity index (χ4n) is 2.17. The van der Waals surface area contributed by atoms with Crippen molar-refractivity contribution in [3.05, 3.63) is 39.4 Å². The van der Waals surface area contributed by atoms with Gasteiger partial charge in [-0.1, -0.05) is 26.0 Å². The van der Waals surface area contributed by atoms with E-state index in [1.165, 1.54) is 12.1 Å². The van der Waals surface area contributed by atoms with E-state index in [9.17, 15) is 19.7 Å². The van der Waals surface area contributed by atoms with Gasteiger partial charge >= 0.3 is 5.97 Å². The van der Waals surface area contributed by atoms with E-state index in [2.05, 4.69) is 5.32 Å². The van der Waals surface area contributed by atoms with Gasteiger partial charge in [-0.25, -0.2) is 4.79 Å². The van der Waals surface area contributed by atoms with Gasteiger partial charge < -0.3 is 10.4 Å². The quantitative estimate of drug-likeness (QED) is 0.592. The molecule has 0 aliphatic carbocycles. The molecule has 0 aliphatic heterocycles. The molecular formula is C15H20N2O5. The van der Waals surface area contributed by atoms with Gasteiger partial charge in [-0.15, -0.1) is 0 Å². The average molecular weight is 308 g/mol. The molecule has 2 N–H and O–H groups in total. The lowest BCUT2D eigenvalue weighted by Crippen LogP contribution is -2.42. The van der Waals surface area contributed by atoms with Crippen molar-refractivity contribution >= 4 is 17.6 Å². The molecule has 1 rings (SSSR count). The monoisotopic (exact) mass is 308 g/mol. The molecule has 0 spiro atoms. The Morgan fingerprint density at radius 3 is 2.50 bits per heavy atom. The van der Waals surface area contributed by atoms with Gasteiger partial charge in [-0.05, 0) is 24.8 Å². The molecule has 7 heteroatoms. The zero-order chi connectivity index (χ0) is 16.9. The van der Waals surface area contributed by atoms with Crippen LogP contribution in [-0.2, 0) is 16.0 Å². The Labute approximate surface area is 128 Å². The maximum Gasteiger partial charge on any atom is 0.326 e. The number of nitro benzene ring substituents is 1. The second kappa shape index (κ2) is 7.53. The SMILES string of the molecule is Cc1c(CC(=O)NC(CC(C)C)C(=O)O)cccc1[N+](=O)[O-]. The molecule has 0 heterocycles. The Morgan fingerprint density at radius 1 is 1.36 bits per heavy atom. The number of aliphatic carboxylic acids is 1. The van der Waals surface area contributed by atoms with Gasteiger partial charge in [0.2, 0.25) is 5.91 Å². The van der Waals surface area contributed by atoms with Crippen molar-refractivity contribution in [1.82, 2.24) is 5.32 Å². The highest BCUT2D eigenvalue weighted by Crippen LogP contribution is 2.21. The summed E-state index contributed by atoms with van der Waals surface area (Å²) in [4.78, 5) is 33.5. The van der Waals surface area contributed by atoms with E-state index in [-0.39, 0.29) is 18.0 Å². The number of carboxylic acid groups (broad SMARTS) is 1. The highest BCUT2D eigenvalue weighted by molar-refractivity contribution is 5.85. The number of carbonyl (C=O) groups excluding carboxylic acids is 1. The molecule has 7 nitrogen and oxygen atoms in total. The van der Waals surface area contributed by atoms with Gasteiger partial charge in [0, 0.05) is 11.6 Å². The third-order valence-electron chi connectivity index (χ3n) is 3.31. The molecule has 0 fully saturated rings. The summed E-state index contributed by atoms with van der Waals surface area (Å²) in [6.45, 7) is 5.31. The molecule has 1 atom stereocenters. The first-order chi connectivity index (χ1) is 10.2. The maximum absolute atomic E-state index is 12.0. The van der Waals surface area contributed by atoms with Gasteiger partial charge in [0.15, 0.2) is 0 Å². The van der Waals surface area contributed by atoms with Crippen molar-refractivity contribution in [3.63, 3.8) is 0 Å². The van der Waals surface area contributed by atoms with Crippen LogP contribution in [0.3, 0.4) is 0 Å². The van der Waals surface area contributed by atoms with E-state index < -0.39 is 22.8 Å². The minimum atomic E-state index is -1.09. The van der Waals surface area contributed by atoms with E-state index in [4.69, 9.17) is 5.11 Å². The number of carboxylic acids is 1. The average Bonchev–Trinajstić information content (AvgIpc) is 2.39. The lowest BCUT2D eigenvalue weighted by Gasteiger charge is -2.16. The maximum atomic E-state index is 12.0. The number of hydrogen-bond acceptors (Lipinski definition) is 4. The van der Waals surface area contributed by atoms with Crippen LogP contribution < -0.4 is 5.32 Å². The first-order valence-corrected chi connectivity index (χ1v) is 6.97. The van der Waals surface area contributed by atoms with E-state index in [1.54, 1.807) is 13.0 Å². The second-order valence-electron chi connectivity index (χ2n) is 5.58. The van der Waals surface area contributed by atoms with Gasteiger partial charge in [-0.2, -0.15) is 0 Å². The standard InChI is InChI=1S/C15H20N2O5/c1-9(2)7-12(15(19)20)16-14(18)8-11-5-4-6-13(10(11)3)17(21)22/h4-6,9,12H,7-8H2,1-3H3,(H,16,18)(H,19,20). The van der Waals surface area contributed by atoms with Crippen molar-refractivity contribution < 1.29 is 19.6 Å². The smallest absolute Gasteiger partial charge is 0.326 e. The fourth-order valence-corrected chi connectivity index (χ4v) is 2.17. The number of benzene rings is 1. The molecule has 0 saturated heterocycles. The summed E-state index contributed by atoms with van der Waals surface area (Å²) in [7, 11) is 0. The van der Waals surface area contributed by atoms with E-state index in [0.29, 0.717) is 17.5 Å². The lowest BCUT2D eigenvalue weighted by atomic mass is 10.0. The number of rotatable bonds is 7. The molecule has 1 unspecified atom stereocenters. The summed E-state index contributed by atoms with van der Waals surface area (Å²) < 4.78 is 0. The Balaban J connectivity index is 2.82. The summed E-state index contributed by atoms with van der Waals surface area (Å²) in [6.07, 6.45) is 0.240. The third-order valence-corrected chi connectivity index (χ3v) is 3.31. The van der Waals surface area contributed by atoms with E-state index in [0.717, 1.165) is 0 Å². The number of nitrogens with zero attached hydrogens (tertiary/aromatic N) is 1. The number of hydrogen-bond donors (Lipinski definition) is 2. The van der Waals surface area contributed by atoms with E-state index in [1.807, 2.05) is 13.8 Å². The summed E-state index contributed by atoms with van der Waals surface area (Å²) in [5.41, 5.74) is 0.876. The molecule has 0 aliphatic rings. The van der Waals surface area contributed by atoms with Crippen molar-refractivity contribution in [2.45, 2.75) is 39.7 Å². The lowest BCUT2D eigenvalue weighted by molar-refractivity contribution is -0.385. The van der Waals surface area contributed by atoms with Gasteiger partial charge in [0.1, 0.15) is 6.04 Å². The number of amides is 1. The molecule has 0 bridgehead atoms. The summed E-state index contributed by atoms with van der Waals surface area (Å²) >= 11 is 0. The van der Waals surface area contributed by atoms with Crippen LogP contribution in [0.25, 0.3) is 0 Å². The highest BCUT2D eigenvalue weighted by Gasteiger charge is 2.22. The molecule has 22 heavy (non-hydrogen) atoms. The number of nitro groups is 1. The zero-order valence-corrected chi connectivity index (χ0v) is 12.8. The van der Waals surface area contributed by atoms with Gasteiger partial charge in [-0.3, -0.25) is 14.9 Å². The fraction of sp³-hybridized carbons (Fsp3) is 0.467. The van der Waals surface area contributed by atoms with Crippen LogP contribution in [0.5, 0.6) is 0 Å². The van der Waals surface area contributed by atoms with Crippen LogP contribution in [0, 0.1) is 23.0 Å². The highest BCUT2D eigenvalue weighted by atomic mass is 16.6. The molecule has 1 amide bonds. The van der Waals surface area contributed by atoms with Gasteiger partial charge in [0.25, 0.3) is 5.69 Å². The van der Waals surface area contributed by atoms with Crippen LogP contribution in [0.15, 0.2) is 18.2 Å². The van der Waals surface area contributed by atoms with Crippen LogP contribution in [0.1, 0.15) is 31.4 Å². The van der Waals surface area contributed by atoms with Crippen molar-refractivity contribution in [2.24, 2.45) is 5.92 Å². The largest absolute Gasteiger partial charge is 0.480 e. The third kappa shape index (κ3) is 4.83. The minimum absolute atomic E-state index is 0.0535. The van der Waals surface area contributed by atoms with E-state index >= 15 is 0 Å². The first kappa shape index (κ1) is 17.6. The van der Waals surface area contributed by atoms with Crippen molar-refractivity contribution in [3.8, 4) is 0 Å². The Hall–Kier alpha value is -2.44. The van der Waals surface area contributed by atoms with Crippen molar-refractivity contribution in [1.29, 1.82) is 0 Å². The summed E-state index contributed by atoms with van der Waals surface area (Å²) in [6, 6.07) is 3.55. The van der Waals surface area contributed by atoms with Crippen LogP contribution in [0.4, 0.5) is 5.69 Å². The molecule has 1 aromatic rings. The predicted molar refractivity (Wildman–Crippen MR) is 80.6 cm³/mol. The first-order valence-electron chi connectivity index (χ1n) is 6.97. The number of carbonyl (C=O) groups is 2. The minimum Gasteiger partial charge on any atom is -0.480 e. The second-order valence-corrected chi connectivity index (χ2v) is 5.58. The molecule has 120 valence electrons. The molecule has 0 aromatic heterocycles. The topological polar surface area (TPSA) is 110 Å². The normalized spacial score (nSPS) is 12.0. The molecule has 1 aromatic carbocycles. The molecule has 0 saturated carbocycles. The van der Waals surface area contributed by atoms with Gasteiger partial charge in [0.05, 0.1) is 11.3 Å². The summed E-state index contributed by atoms with van der Waals surface area (Å²) in [5, 5.41) is 22.4. The zero-order valence-electron chi connectivity index (χ0n) is 12.8. The molecule has 0 radical (unpaired) electrons. The van der Waals surface area contributed by atoms with Crippen LogP contribution >= 0.6 is 0 Å². The van der Waals surface area contributed by atoms with Crippen LogP contribution in [-0.4, -0.2) is 27.9 Å². The Bertz CT molecular complexity index is 583. The number of nitrogens with one attached hydrogen (secondary N) is 1. The van der Waals surface area contributed by atoms with Crippen LogP contribution in [0.2, 0.25) is 0 Å².